The van der Waals surface area contributed by atoms with E-state index in [0.717, 1.165) is 11.1 Å². The van der Waals surface area contributed by atoms with E-state index in [4.69, 9.17) is 0 Å². The molecule has 2 atom stereocenters. The fraction of sp³-hybridized carbons (Fsp3) is 0.296. The lowest BCUT2D eigenvalue weighted by Crippen LogP contribution is -2.44. The molecule has 1 saturated heterocycles. The van der Waals surface area contributed by atoms with Crippen molar-refractivity contribution in [3.8, 4) is 0 Å². The number of ketones is 1. The molecule has 202 valence electrons. The number of aliphatic imine (C=N–C) groups is 2. The molecule has 0 spiro atoms. The molecule has 0 bridgehead atoms. The Morgan fingerprint density at radius 2 is 2.00 bits per heavy atom. The highest BCUT2D eigenvalue weighted by molar-refractivity contribution is 9.10. The molecule has 2 amide bonds. The fourth-order valence-electron chi connectivity index (χ4n) is 4.33. The number of amidine groups is 1. The molecule has 0 saturated carbocycles. The minimum atomic E-state index is -1.35. The number of aromatic nitrogens is 3. The molecule has 0 radical (unpaired) electrons. The monoisotopic (exact) mass is 595 g/mol. The number of fused-ring (bicyclic) bond motifs is 1. The summed E-state index contributed by atoms with van der Waals surface area (Å²) >= 11 is 3.24. The summed E-state index contributed by atoms with van der Waals surface area (Å²) in [6.07, 6.45) is 0.187. The van der Waals surface area contributed by atoms with Gasteiger partial charge in [0.2, 0.25) is 11.8 Å². The van der Waals surface area contributed by atoms with Gasteiger partial charge in [0.15, 0.2) is 5.78 Å². The van der Waals surface area contributed by atoms with Crippen molar-refractivity contribution >= 4 is 68.4 Å². The molecule has 1 N–H and O–H groups in total. The molecule has 0 aliphatic carbocycles. The number of amides is 2. The number of alkyl halides is 1. The summed E-state index contributed by atoms with van der Waals surface area (Å²) in [5.74, 6) is -0.476. The van der Waals surface area contributed by atoms with Crippen molar-refractivity contribution < 1.29 is 18.8 Å². The molecule has 10 nitrogen and oxygen atoms in total. The van der Waals surface area contributed by atoms with Crippen molar-refractivity contribution in [2.24, 2.45) is 9.98 Å². The van der Waals surface area contributed by atoms with Crippen LogP contribution in [0.5, 0.6) is 0 Å². The van der Waals surface area contributed by atoms with Gasteiger partial charge in [-0.25, -0.2) is 19.4 Å². The predicted octanol–water partition coefficient (Wildman–Crippen LogP) is 4.45. The van der Waals surface area contributed by atoms with Crippen LogP contribution in [0.3, 0.4) is 0 Å². The highest BCUT2D eigenvalue weighted by Gasteiger charge is 2.40. The quantitative estimate of drug-likeness (QED) is 0.187. The summed E-state index contributed by atoms with van der Waals surface area (Å²) < 4.78 is 16.4. The molecule has 2 aromatic heterocycles. The summed E-state index contributed by atoms with van der Waals surface area (Å²) in [6, 6.07) is 9.42. The number of hydrogen-bond donors (Lipinski definition) is 1. The number of likely N-dealkylation sites (tertiary alicyclic amines) is 1. The summed E-state index contributed by atoms with van der Waals surface area (Å²) in [6.45, 7) is 7.96. The van der Waals surface area contributed by atoms with E-state index < -0.39 is 24.0 Å². The Hall–Kier alpha value is -4.06. The Morgan fingerprint density at radius 3 is 2.69 bits per heavy atom. The minimum absolute atomic E-state index is 0.123. The van der Waals surface area contributed by atoms with Crippen LogP contribution in [-0.2, 0) is 16.1 Å². The molecular formula is C27H27BrFN7O3. The Balaban J connectivity index is 1.60. The topological polar surface area (TPSA) is 122 Å². The lowest BCUT2D eigenvalue weighted by Gasteiger charge is -2.23. The van der Waals surface area contributed by atoms with Crippen LogP contribution in [0.2, 0.25) is 0 Å². The van der Waals surface area contributed by atoms with Gasteiger partial charge in [0, 0.05) is 24.9 Å². The zero-order valence-corrected chi connectivity index (χ0v) is 23.3. The Labute approximate surface area is 232 Å². The number of Topliss-reactive ketones (excluding diaryl/α,β-unsaturated/α-hetero) is 1. The fourth-order valence-corrected chi connectivity index (χ4v) is 4.67. The molecule has 1 fully saturated rings. The second-order valence-electron chi connectivity index (χ2n) is 9.17. The maximum Gasteiger partial charge on any atom is 0.248 e. The van der Waals surface area contributed by atoms with Gasteiger partial charge < -0.3 is 10.2 Å². The van der Waals surface area contributed by atoms with Crippen molar-refractivity contribution in [2.45, 2.75) is 46.0 Å². The number of carbonyl (C=O) groups excluding carboxylic acids is 3. The van der Waals surface area contributed by atoms with Crippen LogP contribution in [0, 0.1) is 0 Å². The second-order valence-corrected chi connectivity index (χ2v) is 9.98. The van der Waals surface area contributed by atoms with E-state index >= 15 is 0 Å². The molecule has 3 aromatic rings. The van der Waals surface area contributed by atoms with Gasteiger partial charge in [-0.3, -0.25) is 19.1 Å². The number of benzene rings is 1. The normalized spacial score (nSPS) is 17.9. The summed E-state index contributed by atoms with van der Waals surface area (Å²) in [5, 5.41) is 7.62. The van der Waals surface area contributed by atoms with Gasteiger partial charge in [-0.1, -0.05) is 12.1 Å². The van der Waals surface area contributed by atoms with Gasteiger partial charge in [-0.2, -0.15) is 5.10 Å². The maximum absolute atomic E-state index is 14.4. The van der Waals surface area contributed by atoms with Crippen LogP contribution in [-0.4, -0.2) is 68.6 Å². The van der Waals surface area contributed by atoms with Crippen LogP contribution >= 0.6 is 15.9 Å². The standard InChI is InChI=1S/C27H27BrFN7O3/c1-15(12-31-17(3)30-4)18-8-9-21-20(10-18)26(16(2)37)34-36(21)14-25(38)35-13-19(29)11-22(35)27(39)33-24-7-5-6-23(28)32-24/h5-10,12,19,22H,4,11,13-14H2,1-3H3,(H,32,33,39)/b15-12+,31-17?/t19-,22+/m1/s1. The van der Waals surface area contributed by atoms with Gasteiger partial charge in [0.1, 0.15) is 40.7 Å². The zero-order chi connectivity index (χ0) is 28.3. The van der Waals surface area contributed by atoms with E-state index in [1.54, 1.807) is 37.4 Å². The number of carbonyl (C=O) groups is 3. The zero-order valence-electron chi connectivity index (χ0n) is 21.7. The van der Waals surface area contributed by atoms with Crippen LogP contribution in [0.4, 0.5) is 10.2 Å². The van der Waals surface area contributed by atoms with Crippen molar-refractivity contribution in [1.82, 2.24) is 19.7 Å². The first kappa shape index (κ1) is 28.0. The molecule has 4 rings (SSSR count). The molecule has 39 heavy (non-hydrogen) atoms. The van der Waals surface area contributed by atoms with E-state index in [9.17, 15) is 18.8 Å². The average Bonchev–Trinajstić information content (AvgIpc) is 3.47. The SMILES string of the molecule is C=NC(C)=N/C=C(\C)c1ccc2c(c1)c(C(C)=O)nn2CC(=O)N1C[C@H](F)C[C@H]1C(=O)Nc1cccc(Br)n1. The first-order valence-electron chi connectivity index (χ1n) is 12.1. The third-order valence-electron chi connectivity index (χ3n) is 6.34. The smallest absolute Gasteiger partial charge is 0.248 e. The second kappa shape index (κ2) is 11.8. The highest BCUT2D eigenvalue weighted by atomic mass is 79.9. The summed E-state index contributed by atoms with van der Waals surface area (Å²) in [4.78, 5) is 52.0. The average molecular weight is 596 g/mol. The third-order valence-corrected chi connectivity index (χ3v) is 6.78. The number of rotatable bonds is 7. The van der Waals surface area contributed by atoms with Gasteiger partial charge in [-0.15, -0.1) is 0 Å². The lowest BCUT2D eigenvalue weighted by molar-refractivity contribution is -0.137. The Bertz CT molecular complexity index is 1530. The Kier molecular flexibility index (Phi) is 8.44. The molecule has 1 aliphatic rings. The van der Waals surface area contributed by atoms with E-state index in [1.165, 1.54) is 16.5 Å². The predicted molar refractivity (Wildman–Crippen MR) is 152 cm³/mol. The number of nitrogens with one attached hydrogen (secondary N) is 1. The molecule has 0 unspecified atom stereocenters. The molecule has 1 aliphatic heterocycles. The highest BCUT2D eigenvalue weighted by Crippen LogP contribution is 2.27. The van der Waals surface area contributed by atoms with E-state index in [-0.39, 0.29) is 36.8 Å². The number of allylic oxidation sites excluding steroid dienone is 1. The number of pyridine rings is 1. The van der Waals surface area contributed by atoms with Gasteiger partial charge >= 0.3 is 0 Å². The maximum atomic E-state index is 14.4. The first-order valence-corrected chi connectivity index (χ1v) is 12.9. The number of nitrogens with zero attached hydrogens (tertiary/aromatic N) is 6. The van der Waals surface area contributed by atoms with Crippen molar-refractivity contribution in [1.29, 1.82) is 0 Å². The van der Waals surface area contributed by atoms with Crippen LogP contribution < -0.4 is 5.32 Å². The minimum Gasteiger partial charge on any atom is -0.326 e. The van der Waals surface area contributed by atoms with Crippen LogP contribution in [0.1, 0.15) is 43.2 Å². The number of halogens is 2. The van der Waals surface area contributed by atoms with Crippen LogP contribution in [0.15, 0.2) is 57.2 Å². The van der Waals surface area contributed by atoms with E-state index in [1.807, 2.05) is 19.1 Å². The molecule has 12 heteroatoms. The molecule has 1 aromatic carbocycles. The van der Waals surface area contributed by atoms with Crippen molar-refractivity contribution in [3.05, 3.63) is 58.5 Å². The van der Waals surface area contributed by atoms with Crippen molar-refractivity contribution in [2.75, 3.05) is 11.9 Å². The molecule has 3 heterocycles. The van der Waals surface area contributed by atoms with Crippen LogP contribution in [0.25, 0.3) is 16.5 Å². The van der Waals surface area contributed by atoms with Crippen molar-refractivity contribution in [3.63, 3.8) is 0 Å². The first-order chi connectivity index (χ1) is 18.6. The van der Waals surface area contributed by atoms with E-state index in [2.05, 4.69) is 48.0 Å². The lowest BCUT2D eigenvalue weighted by atomic mass is 10.0. The Morgan fingerprint density at radius 1 is 1.23 bits per heavy atom. The van der Waals surface area contributed by atoms with Gasteiger partial charge in [0.25, 0.3) is 0 Å². The van der Waals surface area contributed by atoms with E-state index in [0.29, 0.717) is 21.3 Å². The summed E-state index contributed by atoms with van der Waals surface area (Å²) in [5.41, 5.74) is 2.42. The van der Waals surface area contributed by atoms with Gasteiger partial charge in [-0.05, 0) is 71.9 Å². The third kappa shape index (κ3) is 6.33. The van der Waals surface area contributed by atoms with Gasteiger partial charge in [0.05, 0.1) is 12.1 Å². The number of hydrogen-bond acceptors (Lipinski definition) is 6. The summed E-state index contributed by atoms with van der Waals surface area (Å²) in [7, 11) is 0. The molecular weight excluding hydrogens is 569 g/mol. The number of anilines is 1. The largest absolute Gasteiger partial charge is 0.326 e.